The van der Waals surface area contributed by atoms with Crippen molar-refractivity contribution in [3.63, 3.8) is 0 Å². The first-order chi connectivity index (χ1) is 11.0. The molecule has 1 atom stereocenters. The molecular weight excluding hydrogens is 378 g/mol. The third kappa shape index (κ3) is 4.39. The molecule has 2 nitrogen and oxygen atoms in total. The standard InChI is InChI=1S/C17H14Cl4O2/c18-13-6-14(19)16(23-10-12-8-17(12,20)21)7-15(13)22-9-11-4-2-1-3-5-11/h1-7,12H,8-10H2. The second kappa shape index (κ2) is 6.98. The van der Waals surface area contributed by atoms with Gasteiger partial charge in [-0.3, -0.25) is 0 Å². The predicted molar refractivity (Wildman–Crippen MR) is 95.3 cm³/mol. The fourth-order valence-corrected chi connectivity index (χ4v) is 3.10. The Bertz CT molecular complexity index is 688. The molecule has 0 radical (unpaired) electrons. The van der Waals surface area contributed by atoms with Crippen LogP contribution in [0, 0.1) is 5.92 Å². The highest BCUT2D eigenvalue weighted by atomic mass is 35.5. The summed E-state index contributed by atoms with van der Waals surface area (Å²) in [6.45, 7) is 0.823. The Hall–Kier alpha value is -0.800. The van der Waals surface area contributed by atoms with Crippen molar-refractivity contribution in [2.24, 2.45) is 5.92 Å². The molecule has 0 amide bonds. The fourth-order valence-electron chi connectivity index (χ4n) is 2.11. The maximum atomic E-state index is 6.18. The van der Waals surface area contributed by atoms with Crippen molar-refractivity contribution >= 4 is 46.4 Å². The van der Waals surface area contributed by atoms with E-state index >= 15 is 0 Å². The van der Waals surface area contributed by atoms with Gasteiger partial charge < -0.3 is 9.47 Å². The van der Waals surface area contributed by atoms with E-state index in [1.165, 1.54) is 0 Å². The second-order valence-electron chi connectivity index (χ2n) is 5.46. The first-order valence-corrected chi connectivity index (χ1v) is 8.63. The molecule has 1 fully saturated rings. The van der Waals surface area contributed by atoms with E-state index in [1.807, 2.05) is 30.3 Å². The third-order valence-corrected chi connectivity index (χ3v) is 5.14. The normalized spacial score (nSPS) is 18.5. The zero-order chi connectivity index (χ0) is 16.4. The van der Waals surface area contributed by atoms with E-state index in [1.54, 1.807) is 12.1 Å². The molecule has 0 aromatic heterocycles. The highest BCUT2D eigenvalue weighted by molar-refractivity contribution is 6.50. The van der Waals surface area contributed by atoms with E-state index in [2.05, 4.69) is 0 Å². The van der Waals surface area contributed by atoms with Gasteiger partial charge in [0.05, 0.1) is 16.7 Å². The third-order valence-electron chi connectivity index (χ3n) is 3.62. The average Bonchev–Trinajstić information content (AvgIpc) is 3.13. The van der Waals surface area contributed by atoms with Gasteiger partial charge in [-0.15, -0.1) is 23.2 Å². The minimum absolute atomic E-state index is 0.117. The molecule has 0 bridgehead atoms. The highest BCUT2D eigenvalue weighted by Crippen LogP contribution is 2.53. The van der Waals surface area contributed by atoms with E-state index in [-0.39, 0.29) is 5.92 Å². The largest absolute Gasteiger partial charge is 0.491 e. The van der Waals surface area contributed by atoms with Crippen molar-refractivity contribution in [2.45, 2.75) is 17.4 Å². The van der Waals surface area contributed by atoms with Gasteiger partial charge >= 0.3 is 0 Å². The first-order valence-electron chi connectivity index (χ1n) is 7.12. The van der Waals surface area contributed by atoms with Gasteiger partial charge in [0.1, 0.15) is 22.4 Å². The molecule has 0 N–H and O–H groups in total. The number of alkyl halides is 2. The lowest BCUT2D eigenvalue weighted by atomic mass is 10.2. The molecule has 0 aliphatic heterocycles. The number of halogens is 4. The summed E-state index contributed by atoms with van der Waals surface area (Å²) >= 11 is 24.3. The van der Waals surface area contributed by atoms with Crippen LogP contribution in [0.5, 0.6) is 11.5 Å². The average molecular weight is 392 g/mol. The zero-order valence-corrected chi connectivity index (χ0v) is 15.1. The van der Waals surface area contributed by atoms with Crippen LogP contribution in [0.1, 0.15) is 12.0 Å². The molecule has 3 rings (SSSR count). The molecule has 122 valence electrons. The van der Waals surface area contributed by atoms with Gasteiger partial charge in [-0.2, -0.15) is 0 Å². The smallest absolute Gasteiger partial charge is 0.142 e. The van der Waals surface area contributed by atoms with Gasteiger partial charge in [0.25, 0.3) is 0 Å². The van der Waals surface area contributed by atoms with Crippen LogP contribution in [0.4, 0.5) is 0 Å². The van der Waals surface area contributed by atoms with E-state index < -0.39 is 4.33 Å². The fraction of sp³-hybridized carbons (Fsp3) is 0.294. The first kappa shape index (κ1) is 17.0. The Balaban J connectivity index is 1.66. The molecule has 6 heteroatoms. The molecule has 1 unspecified atom stereocenters. The number of benzene rings is 2. The summed E-state index contributed by atoms with van der Waals surface area (Å²) in [5.41, 5.74) is 1.05. The summed E-state index contributed by atoms with van der Waals surface area (Å²) in [6, 6.07) is 13.1. The molecule has 1 saturated carbocycles. The summed E-state index contributed by atoms with van der Waals surface area (Å²) in [7, 11) is 0. The van der Waals surface area contributed by atoms with Crippen LogP contribution in [0.2, 0.25) is 10.0 Å². The van der Waals surface area contributed by atoms with Crippen LogP contribution < -0.4 is 9.47 Å². The molecule has 1 aliphatic rings. The van der Waals surface area contributed by atoms with Crippen LogP contribution in [0.25, 0.3) is 0 Å². The lowest BCUT2D eigenvalue weighted by molar-refractivity contribution is 0.286. The van der Waals surface area contributed by atoms with Gasteiger partial charge in [0, 0.05) is 12.0 Å². The Morgan fingerprint density at radius 2 is 1.57 bits per heavy atom. The number of ether oxygens (including phenoxy) is 2. The molecule has 23 heavy (non-hydrogen) atoms. The summed E-state index contributed by atoms with van der Waals surface area (Å²) in [6.07, 6.45) is 0.721. The minimum Gasteiger partial charge on any atom is -0.491 e. The van der Waals surface area contributed by atoms with Crippen molar-refractivity contribution in [3.05, 3.63) is 58.1 Å². The van der Waals surface area contributed by atoms with Crippen LogP contribution in [0.3, 0.4) is 0 Å². The molecule has 2 aromatic carbocycles. The number of hydrogen-bond acceptors (Lipinski definition) is 2. The van der Waals surface area contributed by atoms with Crippen LogP contribution in [0.15, 0.2) is 42.5 Å². The predicted octanol–water partition coefficient (Wildman–Crippen LogP) is 6.15. The molecule has 0 spiro atoms. The van der Waals surface area contributed by atoms with Crippen LogP contribution in [-0.4, -0.2) is 10.9 Å². The quantitative estimate of drug-likeness (QED) is 0.550. The van der Waals surface area contributed by atoms with Crippen molar-refractivity contribution in [3.8, 4) is 11.5 Å². The van der Waals surface area contributed by atoms with E-state index in [4.69, 9.17) is 55.9 Å². The van der Waals surface area contributed by atoms with Gasteiger partial charge in [0.2, 0.25) is 0 Å². The molecular formula is C17H14Cl4O2. The Labute approximate surface area is 155 Å². The van der Waals surface area contributed by atoms with Gasteiger partial charge in [-0.1, -0.05) is 53.5 Å². The van der Waals surface area contributed by atoms with Crippen molar-refractivity contribution in [2.75, 3.05) is 6.61 Å². The van der Waals surface area contributed by atoms with Crippen molar-refractivity contribution < 1.29 is 9.47 Å². The summed E-state index contributed by atoms with van der Waals surface area (Å²) in [4.78, 5) is 0. The Kier molecular flexibility index (Phi) is 5.17. The lowest BCUT2D eigenvalue weighted by Crippen LogP contribution is -2.05. The number of rotatable bonds is 6. The van der Waals surface area contributed by atoms with Gasteiger partial charge in [-0.05, 0) is 18.1 Å². The van der Waals surface area contributed by atoms with Crippen LogP contribution in [-0.2, 0) is 6.61 Å². The topological polar surface area (TPSA) is 18.5 Å². The highest BCUT2D eigenvalue weighted by Gasteiger charge is 2.52. The second-order valence-corrected chi connectivity index (χ2v) is 7.82. The molecule has 2 aromatic rings. The lowest BCUT2D eigenvalue weighted by Gasteiger charge is -2.13. The summed E-state index contributed by atoms with van der Waals surface area (Å²) in [5.74, 6) is 1.15. The van der Waals surface area contributed by atoms with Gasteiger partial charge in [-0.25, -0.2) is 0 Å². The SMILES string of the molecule is Clc1cc(Cl)c(OCC2CC2(Cl)Cl)cc1OCc1ccccc1. The zero-order valence-electron chi connectivity index (χ0n) is 12.1. The molecule has 1 aliphatic carbocycles. The monoisotopic (exact) mass is 390 g/mol. The summed E-state index contributed by atoms with van der Waals surface area (Å²) in [5, 5.41) is 0.867. The van der Waals surface area contributed by atoms with Crippen molar-refractivity contribution in [1.82, 2.24) is 0 Å². The Morgan fingerprint density at radius 3 is 2.17 bits per heavy atom. The van der Waals surface area contributed by atoms with E-state index in [9.17, 15) is 0 Å². The van der Waals surface area contributed by atoms with E-state index in [0.717, 1.165) is 12.0 Å². The van der Waals surface area contributed by atoms with Crippen molar-refractivity contribution in [1.29, 1.82) is 0 Å². The van der Waals surface area contributed by atoms with Crippen LogP contribution >= 0.6 is 46.4 Å². The molecule has 0 saturated heterocycles. The number of hydrogen-bond donors (Lipinski definition) is 0. The summed E-state index contributed by atoms with van der Waals surface area (Å²) < 4.78 is 10.8. The maximum absolute atomic E-state index is 6.18. The van der Waals surface area contributed by atoms with Gasteiger partial charge in [0.15, 0.2) is 0 Å². The minimum atomic E-state index is -0.675. The molecule has 0 heterocycles. The Morgan fingerprint density at radius 1 is 0.957 bits per heavy atom. The van der Waals surface area contributed by atoms with E-state index in [0.29, 0.717) is 34.8 Å². The maximum Gasteiger partial charge on any atom is 0.142 e.